The van der Waals surface area contributed by atoms with Crippen molar-refractivity contribution in [2.24, 2.45) is 0 Å². The van der Waals surface area contributed by atoms with Crippen LogP contribution >= 0.6 is 0 Å². The van der Waals surface area contributed by atoms with E-state index >= 15 is 0 Å². The minimum atomic E-state index is 0.862. The molecule has 0 aliphatic heterocycles. The maximum Gasteiger partial charge on any atom is 0.143 e. The molecule has 4 nitrogen and oxygen atoms in total. The summed E-state index contributed by atoms with van der Waals surface area (Å²) >= 11 is 0. The summed E-state index contributed by atoms with van der Waals surface area (Å²) in [7, 11) is 0. The van der Waals surface area contributed by atoms with Crippen LogP contribution in [0.1, 0.15) is 0 Å². The molecule has 10 rings (SSSR count). The van der Waals surface area contributed by atoms with Crippen LogP contribution in [0, 0.1) is 0 Å². The Bertz CT molecular complexity index is 2830. The molecule has 4 heterocycles. The summed E-state index contributed by atoms with van der Waals surface area (Å²) in [5.74, 6) is 0. The van der Waals surface area contributed by atoms with Crippen LogP contribution < -0.4 is 0 Å². The monoisotopic (exact) mass is 640 g/mol. The van der Waals surface area contributed by atoms with Crippen LogP contribution in [0.5, 0.6) is 0 Å². The van der Waals surface area contributed by atoms with Gasteiger partial charge in [0.05, 0.1) is 5.69 Å². The molecule has 10 aromatic rings. The fourth-order valence-electron chi connectivity index (χ4n) is 7.17. The highest BCUT2D eigenvalue weighted by Crippen LogP contribution is 2.41. The Hall–Kier alpha value is -6.78. The molecule has 0 saturated carbocycles. The maximum absolute atomic E-state index is 6.71. The van der Waals surface area contributed by atoms with Crippen LogP contribution in [0.4, 0.5) is 0 Å². The average Bonchev–Trinajstić information content (AvgIpc) is 3.77. The first-order chi connectivity index (χ1) is 24.8. The number of nitrogens with zero attached hydrogens (tertiary/aromatic N) is 2. The smallest absolute Gasteiger partial charge is 0.143 e. The van der Waals surface area contributed by atoms with Gasteiger partial charge in [0.15, 0.2) is 0 Å². The van der Waals surface area contributed by atoms with Gasteiger partial charge in [-0.05, 0) is 40.5 Å². The molecule has 4 heteroatoms. The van der Waals surface area contributed by atoms with Crippen LogP contribution in [0.15, 0.2) is 179 Å². The Morgan fingerprint density at radius 2 is 0.880 bits per heavy atom. The molecule has 0 radical (unpaired) electrons. The van der Waals surface area contributed by atoms with Crippen molar-refractivity contribution in [3.63, 3.8) is 0 Å². The number of pyridine rings is 2. The van der Waals surface area contributed by atoms with E-state index in [1.807, 2.05) is 30.6 Å². The number of hydrogen-bond donors (Lipinski definition) is 0. The van der Waals surface area contributed by atoms with Gasteiger partial charge in [0.25, 0.3) is 0 Å². The van der Waals surface area contributed by atoms with Gasteiger partial charge in [-0.3, -0.25) is 9.97 Å². The molecular weight excluding hydrogens is 613 g/mol. The Balaban J connectivity index is 0.971. The van der Waals surface area contributed by atoms with E-state index in [4.69, 9.17) is 13.8 Å². The van der Waals surface area contributed by atoms with Crippen molar-refractivity contribution in [3.05, 3.63) is 170 Å². The molecule has 0 unspecified atom stereocenters. The van der Waals surface area contributed by atoms with Gasteiger partial charge in [-0.15, -0.1) is 0 Å². The van der Waals surface area contributed by atoms with Gasteiger partial charge in [-0.25, -0.2) is 0 Å². The number of benzene rings is 6. The number of hydrogen-bond acceptors (Lipinski definition) is 4. The highest BCUT2D eigenvalue weighted by atomic mass is 16.3. The molecule has 6 aromatic carbocycles. The van der Waals surface area contributed by atoms with Gasteiger partial charge in [-0.2, -0.15) is 0 Å². The van der Waals surface area contributed by atoms with Gasteiger partial charge >= 0.3 is 0 Å². The van der Waals surface area contributed by atoms with Crippen molar-refractivity contribution < 1.29 is 8.83 Å². The van der Waals surface area contributed by atoms with E-state index in [1.54, 1.807) is 6.20 Å². The van der Waals surface area contributed by atoms with Crippen LogP contribution in [0.25, 0.3) is 99.6 Å². The third-order valence-corrected chi connectivity index (χ3v) is 9.69. The first-order valence-corrected chi connectivity index (χ1v) is 16.7. The Kier molecular flexibility index (Phi) is 6.46. The van der Waals surface area contributed by atoms with Crippen molar-refractivity contribution in [2.45, 2.75) is 0 Å². The zero-order valence-corrected chi connectivity index (χ0v) is 26.9. The number of rotatable bonds is 5. The van der Waals surface area contributed by atoms with Crippen molar-refractivity contribution >= 4 is 43.9 Å². The lowest BCUT2D eigenvalue weighted by Gasteiger charge is -2.07. The molecule has 0 N–H and O–H groups in total. The van der Waals surface area contributed by atoms with Crippen molar-refractivity contribution in [1.29, 1.82) is 0 Å². The summed E-state index contributed by atoms with van der Waals surface area (Å²) in [5, 5.41) is 4.45. The average molecular weight is 641 g/mol. The summed E-state index contributed by atoms with van der Waals surface area (Å²) in [6.45, 7) is 0. The summed E-state index contributed by atoms with van der Waals surface area (Å²) in [5.41, 5.74) is 14.1. The topological polar surface area (TPSA) is 52.1 Å². The van der Waals surface area contributed by atoms with E-state index in [0.717, 1.165) is 99.6 Å². The predicted molar refractivity (Wildman–Crippen MR) is 204 cm³/mol. The number of aromatic nitrogens is 2. The SMILES string of the molecule is c1cncc(-c2ccc(-c3cccc4c3oc3c(-c5ccc(-c6ccc(-c7cccc8c7oc7ccccc78)cc6)nc5)cccc34)cc2)c1. The molecule has 0 aliphatic carbocycles. The third-order valence-electron chi connectivity index (χ3n) is 9.69. The highest BCUT2D eigenvalue weighted by Gasteiger charge is 2.17. The van der Waals surface area contributed by atoms with Crippen molar-refractivity contribution in [2.75, 3.05) is 0 Å². The van der Waals surface area contributed by atoms with E-state index in [2.05, 4.69) is 138 Å². The summed E-state index contributed by atoms with van der Waals surface area (Å²) in [4.78, 5) is 9.17. The van der Waals surface area contributed by atoms with Crippen LogP contribution in [0.2, 0.25) is 0 Å². The molecule has 0 saturated heterocycles. The molecule has 0 fully saturated rings. The number of para-hydroxylation sites is 4. The van der Waals surface area contributed by atoms with E-state index in [0.29, 0.717) is 0 Å². The van der Waals surface area contributed by atoms with Gasteiger partial charge in [0.1, 0.15) is 22.3 Å². The number of furan rings is 2. The molecule has 0 amide bonds. The minimum Gasteiger partial charge on any atom is -0.455 e. The number of fused-ring (bicyclic) bond motifs is 6. The molecule has 4 aromatic heterocycles. The molecule has 50 heavy (non-hydrogen) atoms. The van der Waals surface area contributed by atoms with Gasteiger partial charge in [0, 0.05) is 68.0 Å². The Morgan fingerprint density at radius 3 is 1.50 bits per heavy atom. The molecule has 0 aliphatic rings. The molecule has 0 bridgehead atoms. The molecule has 0 atom stereocenters. The van der Waals surface area contributed by atoms with E-state index < -0.39 is 0 Å². The Labute approximate surface area is 287 Å². The van der Waals surface area contributed by atoms with Crippen LogP contribution in [0.3, 0.4) is 0 Å². The first kappa shape index (κ1) is 28.3. The standard InChI is InChI=1S/C46H28N2O2/c1-2-15-43-38(8-1)39-12-3-9-35(44(39)49-43)31-20-22-32(23-21-31)42-25-24-34(28-48-42)37-11-5-14-41-40-13-4-10-36(45(40)50-46(37)41)30-18-16-29(17-19-30)33-7-6-26-47-27-33/h1-28H. The summed E-state index contributed by atoms with van der Waals surface area (Å²) in [6.07, 6.45) is 5.63. The fraction of sp³-hybridized carbons (Fsp3) is 0. The zero-order valence-electron chi connectivity index (χ0n) is 26.9. The molecule has 234 valence electrons. The molecular formula is C46H28N2O2. The lowest BCUT2D eigenvalue weighted by atomic mass is 9.98. The Morgan fingerprint density at radius 1 is 0.340 bits per heavy atom. The van der Waals surface area contributed by atoms with Crippen molar-refractivity contribution in [1.82, 2.24) is 9.97 Å². The lowest BCUT2D eigenvalue weighted by molar-refractivity contribution is 0.670. The van der Waals surface area contributed by atoms with Crippen molar-refractivity contribution in [3.8, 4) is 55.8 Å². The molecule has 0 spiro atoms. The highest BCUT2D eigenvalue weighted by molar-refractivity contribution is 6.13. The van der Waals surface area contributed by atoms with E-state index in [1.165, 1.54) is 0 Å². The van der Waals surface area contributed by atoms with E-state index in [9.17, 15) is 0 Å². The lowest BCUT2D eigenvalue weighted by Crippen LogP contribution is -1.86. The predicted octanol–water partition coefficient (Wildman–Crippen LogP) is 12.6. The minimum absolute atomic E-state index is 0.862. The second-order valence-electron chi connectivity index (χ2n) is 12.6. The van der Waals surface area contributed by atoms with E-state index in [-0.39, 0.29) is 0 Å². The summed E-state index contributed by atoms with van der Waals surface area (Å²) in [6, 6.07) is 52.6. The normalized spacial score (nSPS) is 11.6. The van der Waals surface area contributed by atoms with Gasteiger partial charge in [-0.1, -0.05) is 133 Å². The zero-order chi connectivity index (χ0) is 33.0. The quantitative estimate of drug-likeness (QED) is 0.188. The van der Waals surface area contributed by atoms with Gasteiger partial charge < -0.3 is 8.83 Å². The van der Waals surface area contributed by atoms with Crippen LogP contribution in [-0.4, -0.2) is 9.97 Å². The second kappa shape index (κ2) is 11.4. The van der Waals surface area contributed by atoms with Gasteiger partial charge in [0.2, 0.25) is 0 Å². The van der Waals surface area contributed by atoms with Crippen LogP contribution in [-0.2, 0) is 0 Å². The largest absolute Gasteiger partial charge is 0.455 e. The third kappa shape index (κ3) is 4.61. The first-order valence-electron chi connectivity index (χ1n) is 16.7. The second-order valence-corrected chi connectivity index (χ2v) is 12.6. The fourth-order valence-corrected chi connectivity index (χ4v) is 7.17. The maximum atomic E-state index is 6.71. The summed E-state index contributed by atoms with van der Waals surface area (Å²) < 4.78 is 13.0.